The summed E-state index contributed by atoms with van der Waals surface area (Å²) in [6.07, 6.45) is 5.45. The second kappa shape index (κ2) is 4.55. The van der Waals surface area contributed by atoms with Gasteiger partial charge in [0.2, 0.25) is 0 Å². The lowest BCUT2D eigenvalue weighted by Gasteiger charge is -2.52. The molecule has 1 heterocycles. The van der Waals surface area contributed by atoms with Gasteiger partial charge in [0.25, 0.3) is 0 Å². The fourth-order valence-corrected chi connectivity index (χ4v) is 3.62. The van der Waals surface area contributed by atoms with Crippen molar-refractivity contribution in [2.24, 2.45) is 5.92 Å². The molecule has 1 N–H and O–H groups in total. The molecule has 0 radical (unpaired) electrons. The van der Waals surface area contributed by atoms with Crippen LogP contribution < -0.4 is 5.32 Å². The first-order valence-corrected chi connectivity index (χ1v) is 7.41. The Bertz CT molecular complexity index is 270. The van der Waals surface area contributed by atoms with Gasteiger partial charge in [-0.25, -0.2) is 0 Å². The second-order valence-corrected chi connectivity index (χ2v) is 7.11. The third-order valence-corrected chi connectivity index (χ3v) is 4.95. The quantitative estimate of drug-likeness (QED) is 0.810. The van der Waals surface area contributed by atoms with Crippen molar-refractivity contribution in [3.05, 3.63) is 0 Å². The van der Waals surface area contributed by atoms with Gasteiger partial charge in [0.15, 0.2) is 0 Å². The van der Waals surface area contributed by atoms with E-state index in [0.29, 0.717) is 17.1 Å². The molecule has 2 atom stereocenters. The monoisotopic (exact) mass is 238 g/mol. The predicted molar refractivity (Wildman–Crippen MR) is 74.3 cm³/mol. The average Bonchev–Trinajstić information content (AvgIpc) is 3.05. The van der Waals surface area contributed by atoms with Crippen LogP contribution in [0.4, 0.5) is 0 Å². The third-order valence-electron chi connectivity index (χ3n) is 4.95. The second-order valence-electron chi connectivity index (χ2n) is 7.11. The Balaban J connectivity index is 2.08. The molecule has 0 amide bonds. The lowest BCUT2D eigenvalue weighted by Crippen LogP contribution is -2.67. The summed E-state index contributed by atoms with van der Waals surface area (Å²) in [7, 11) is 0. The molecule has 0 spiro atoms. The van der Waals surface area contributed by atoms with Gasteiger partial charge in [-0.3, -0.25) is 4.90 Å². The zero-order valence-corrected chi connectivity index (χ0v) is 12.3. The van der Waals surface area contributed by atoms with E-state index in [0.717, 1.165) is 12.5 Å². The molecule has 2 fully saturated rings. The van der Waals surface area contributed by atoms with Gasteiger partial charge in [-0.05, 0) is 52.9 Å². The van der Waals surface area contributed by atoms with E-state index in [4.69, 9.17) is 0 Å². The molecular weight excluding hydrogens is 208 g/mol. The molecule has 100 valence electrons. The Kier molecular flexibility index (Phi) is 3.57. The standard InChI is InChI=1S/C15H30N2/c1-6-9-14(3,4)17-11-15(5,13-7-8-13)16-10-12(17)2/h12-13,16H,6-11H2,1-5H3. The lowest BCUT2D eigenvalue weighted by molar-refractivity contribution is 0.000324. The molecular formula is C15H30N2. The molecule has 2 aliphatic rings. The van der Waals surface area contributed by atoms with Crippen molar-refractivity contribution in [3.63, 3.8) is 0 Å². The first-order valence-electron chi connectivity index (χ1n) is 7.41. The normalized spacial score (nSPS) is 36.2. The summed E-state index contributed by atoms with van der Waals surface area (Å²) >= 11 is 0. The molecule has 0 aromatic heterocycles. The Morgan fingerprint density at radius 3 is 2.53 bits per heavy atom. The van der Waals surface area contributed by atoms with Crippen molar-refractivity contribution >= 4 is 0 Å². The minimum Gasteiger partial charge on any atom is -0.308 e. The van der Waals surface area contributed by atoms with Crippen LogP contribution in [0.2, 0.25) is 0 Å². The van der Waals surface area contributed by atoms with Crippen molar-refractivity contribution in [3.8, 4) is 0 Å². The van der Waals surface area contributed by atoms with E-state index in [1.54, 1.807) is 0 Å². The van der Waals surface area contributed by atoms with Crippen LogP contribution in [0.25, 0.3) is 0 Å². The van der Waals surface area contributed by atoms with Gasteiger partial charge < -0.3 is 5.32 Å². The van der Waals surface area contributed by atoms with Gasteiger partial charge in [0, 0.05) is 30.2 Å². The van der Waals surface area contributed by atoms with Gasteiger partial charge in [0.1, 0.15) is 0 Å². The molecule has 1 saturated heterocycles. The van der Waals surface area contributed by atoms with Crippen molar-refractivity contribution in [1.82, 2.24) is 10.2 Å². The topological polar surface area (TPSA) is 15.3 Å². The van der Waals surface area contributed by atoms with Crippen LogP contribution in [-0.2, 0) is 0 Å². The summed E-state index contributed by atoms with van der Waals surface area (Å²) in [5.41, 5.74) is 0.726. The lowest BCUT2D eigenvalue weighted by atomic mass is 9.86. The van der Waals surface area contributed by atoms with Crippen LogP contribution in [0.15, 0.2) is 0 Å². The molecule has 0 bridgehead atoms. The van der Waals surface area contributed by atoms with Gasteiger partial charge in [-0.15, -0.1) is 0 Å². The maximum atomic E-state index is 3.81. The van der Waals surface area contributed by atoms with Crippen LogP contribution in [0.1, 0.15) is 60.3 Å². The molecule has 2 rings (SSSR count). The largest absolute Gasteiger partial charge is 0.308 e. The van der Waals surface area contributed by atoms with Crippen molar-refractivity contribution in [2.75, 3.05) is 13.1 Å². The Hall–Kier alpha value is -0.0800. The third kappa shape index (κ3) is 2.68. The van der Waals surface area contributed by atoms with Crippen molar-refractivity contribution in [1.29, 1.82) is 0 Å². The van der Waals surface area contributed by atoms with Crippen molar-refractivity contribution < 1.29 is 0 Å². The molecule has 0 aromatic carbocycles. The van der Waals surface area contributed by atoms with E-state index >= 15 is 0 Å². The fraction of sp³-hybridized carbons (Fsp3) is 1.00. The molecule has 1 aliphatic heterocycles. The molecule has 2 unspecified atom stereocenters. The minimum atomic E-state index is 0.354. The van der Waals surface area contributed by atoms with Gasteiger partial charge in [-0.1, -0.05) is 13.3 Å². The first kappa shape index (κ1) is 13.4. The van der Waals surface area contributed by atoms with E-state index in [2.05, 4.69) is 44.8 Å². The number of nitrogens with zero attached hydrogens (tertiary/aromatic N) is 1. The highest BCUT2D eigenvalue weighted by atomic mass is 15.3. The van der Waals surface area contributed by atoms with E-state index in [1.807, 2.05) is 0 Å². The van der Waals surface area contributed by atoms with Gasteiger partial charge >= 0.3 is 0 Å². The molecule has 0 aromatic rings. The Morgan fingerprint density at radius 2 is 2.00 bits per heavy atom. The first-order chi connectivity index (χ1) is 7.89. The highest BCUT2D eigenvalue weighted by molar-refractivity contribution is 5.05. The highest BCUT2D eigenvalue weighted by Crippen LogP contribution is 2.42. The molecule has 1 aliphatic carbocycles. The summed E-state index contributed by atoms with van der Waals surface area (Å²) in [4.78, 5) is 2.76. The maximum Gasteiger partial charge on any atom is 0.0309 e. The van der Waals surface area contributed by atoms with Gasteiger partial charge in [-0.2, -0.15) is 0 Å². The summed E-state index contributed by atoms with van der Waals surface area (Å²) in [6, 6.07) is 0.670. The maximum absolute atomic E-state index is 3.81. The number of piperazine rings is 1. The van der Waals surface area contributed by atoms with E-state index < -0.39 is 0 Å². The molecule has 2 heteroatoms. The van der Waals surface area contributed by atoms with Crippen LogP contribution in [-0.4, -0.2) is 35.1 Å². The van der Waals surface area contributed by atoms with Crippen molar-refractivity contribution in [2.45, 2.75) is 77.4 Å². The number of hydrogen-bond acceptors (Lipinski definition) is 2. The number of nitrogens with one attached hydrogen (secondary N) is 1. The fourth-order valence-electron chi connectivity index (χ4n) is 3.62. The van der Waals surface area contributed by atoms with E-state index in [9.17, 15) is 0 Å². The molecule has 1 saturated carbocycles. The molecule has 2 nitrogen and oxygen atoms in total. The molecule has 17 heavy (non-hydrogen) atoms. The predicted octanol–water partition coefficient (Wildman–Crippen LogP) is 3.03. The van der Waals surface area contributed by atoms with E-state index in [1.165, 1.54) is 32.2 Å². The van der Waals surface area contributed by atoms with E-state index in [-0.39, 0.29) is 0 Å². The van der Waals surface area contributed by atoms with Crippen LogP contribution in [0.5, 0.6) is 0 Å². The Labute approximate surface area is 107 Å². The summed E-state index contributed by atoms with van der Waals surface area (Å²) in [5, 5.41) is 3.81. The van der Waals surface area contributed by atoms with Crippen LogP contribution >= 0.6 is 0 Å². The zero-order chi connectivity index (χ0) is 12.7. The highest BCUT2D eigenvalue weighted by Gasteiger charge is 2.47. The number of hydrogen-bond donors (Lipinski definition) is 1. The van der Waals surface area contributed by atoms with Crippen LogP contribution in [0.3, 0.4) is 0 Å². The zero-order valence-electron chi connectivity index (χ0n) is 12.3. The average molecular weight is 238 g/mol. The van der Waals surface area contributed by atoms with Gasteiger partial charge in [0.05, 0.1) is 0 Å². The number of rotatable bonds is 4. The smallest absolute Gasteiger partial charge is 0.0309 e. The Morgan fingerprint density at radius 1 is 1.35 bits per heavy atom. The summed E-state index contributed by atoms with van der Waals surface area (Å²) in [6.45, 7) is 14.3. The van der Waals surface area contributed by atoms with Crippen LogP contribution in [0, 0.1) is 5.92 Å². The SMILES string of the molecule is CCCC(C)(C)N1CC(C)(C2CC2)NCC1C. The summed E-state index contributed by atoms with van der Waals surface area (Å²) < 4.78 is 0. The minimum absolute atomic E-state index is 0.354. The summed E-state index contributed by atoms with van der Waals surface area (Å²) in [5.74, 6) is 0.926.